The maximum Gasteiger partial charge on any atom is 0.196 e. The number of hydrogen-bond acceptors (Lipinski definition) is 3. The minimum atomic E-state index is 0.00458. The van der Waals surface area contributed by atoms with Crippen molar-refractivity contribution in [1.82, 2.24) is 4.90 Å². The molecule has 2 aromatic carbocycles. The van der Waals surface area contributed by atoms with Gasteiger partial charge >= 0.3 is 0 Å². The molecule has 0 fully saturated rings. The molecule has 0 saturated carbocycles. The number of carbonyl (C=O) groups excluding carboxylic acids is 1. The summed E-state index contributed by atoms with van der Waals surface area (Å²) in [6.45, 7) is 8.08. The van der Waals surface area contributed by atoms with E-state index in [1.807, 2.05) is 54.6 Å². The van der Waals surface area contributed by atoms with Gasteiger partial charge in [0.2, 0.25) is 0 Å². The van der Waals surface area contributed by atoms with Gasteiger partial charge in [0.1, 0.15) is 5.75 Å². The van der Waals surface area contributed by atoms with Crippen molar-refractivity contribution < 1.29 is 9.53 Å². The van der Waals surface area contributed by atoms with Gasteiger partial charge in [-0.15, -0.1) is 0 Å². The average molecular weight is 311 g/mol. The molecule has 122 valence electrons. The molecule has 0 heterocycles. The molecule has 0 N–H and O–H groups in total. The van der Waals surface area contributed by atoms with Crippen LogP contribution in [-0.4, -0.2) is 36.9 Å². The van der Waals surface area contributed by atoms with Crippen molar-refractivity contribution in [3.8, 4) is 5.75 Å². The highest BCUT2D eigenvalue weighted by molar-refractivity contribution is 6.10. The minimum absolute atomic E-state index is 0.00458. The van der Waals surface area contributed by atoms with Crippen LogP contribution in [0.1, 0.15) is 36.2 Å². The molecular formula is C20H25NO2. The van der Waals surface area contributed by atoms with Crippen LogP contribution in [0.15, 0.2) is 54.6 Å². The van der Waals surface area contributed by atoms with Crippen molar-refractivity contribution in [2.45, 2.75) is 20.3 Å². The van der Waals surface area contributed by atoms with Crippen LogP contribution >= 0.6 is 0 Å². The first kappa shape index (κ1) is 17.2. The second-order valence-electron chi connectivity index (χ2n) is 5.42. The summed E-state index contributed by atoms with van der Waals surface area (Å²) >= 11 is 0. The van der Waals surface area contributed by atoms with E-state index >= 15 is 0 Å². The first-order chi connectivity index (χ1) is 11.3. The van der Waals surface area contributed by atoms with Gasteiger partial charge in [-0.25, -0.2) is 0 Å². The number of ketones is 1. The van der Waals surface area contributed by atoms with E-state index in [-0.39, 0.29) is 5.78 Å². The largest absolute Gasteiger partial charge is 0.493 e. The zero-order valence-corrected chi connectivity index (χ0v) is 14.0. The molecule has 0 atom stereocenters. The lowest BCUT2D eigenvalue weighted by Gasteiger charge is -2.18. The van der Waals surface area contributed by atoms with Crippen molar-refractivity contribution in [3.63, 3.8) is 0 Å². The quantitative estimate of drug-likeness (QED) is 0.517. The molecule has 0 unspecified atom stereocenters. The first-order valence-corrected chi connectivity index (χ1v) is 8.30. The summed E-state index contributed by atoms with van der Waals surface area (Å²) in [5.74, 6) is 0.672. The van der Waals surface area contributed by atoms with E-state index in [4.69, 9.17) is 4.74 Å². The lowest BCUT2D eigenvalue weighted by Crippen LogP contribution is -2.25. The van der Waals surface area contributed by atoms with E-state index in [0.717, 1.165) is 26.1 Å². The Bertz CT molecular complexity index is 606. The maximum atomic E-state index is 12.6. The molecule has 0 amide bonds. The molecule has 0 aliphatic rings. The Morgan fingerprint density at radius 3 is 2.30 bits per heavy atom. The summed E-state index contributed by atoms with van der Waals surface area (Å²) in [5.41, 5.74) is 1.31. The summed E-state index contributed by atoms with van der Waals surface area (Å²) in [5, 5.41) is 0. The molecule has 3 nitrogen and oxygen atoms in total. The maximum absolute atomic E-state index is 12.6. The van der Waals surface area contributed by atoms with Crippen molar-refractivity contribution in [1.29, 1.82) is 0 Å². The fourth-order valence-corrected chi connectivity index (χ4v) is 2.54. The third-order valence-electron chi connectivity index (χ3n) is 3.94. The summed E-state index contributed by atoms with van der Waals surface area (Å²) in [7, 11) is 0. The van der Waals surface area contributed by atoms with E-state index in [1.54, 1.807) is 0 Å². The smallest absolute Gasteiger partial charge is 0.196 e. The number of nitrogens with zero attached hydrogens (tertiary/aromatic N) is 1. The van der Waals surface area contributed by atoms with Crippen LogP contribution in [0.25, 0.3) is 0 Å². The number of para-hydroxylation sites is 1. The van der Waals surface area contributed by atoms with Gasteiger partial charge in [0, 0.05) is 12.1 Å². The summed E-state index contributed by atoms with van der Waals surface area (Å²) in [6, 6.07) is 16.8. The van der Waals surface area contributed by atoms with Gasteiger partial charge in [-0.1, -0.05) is 56.3 Å². The van der Waals surface area contributed by atoms with Gasteiger partial charge in [0.25, 0.3) is 0 Å². The number of ether oxygens (including phenoxy) is 1. The normalized spacial score (nSPS) is 10.7. The molecule has 0 radical (unpaired) electrons. The number of benzene rings is 2. The third kappa shape index (κ3) is 4.93. The fourth-order valence-electron chi connectivity index (χ4n) is 2.54. The molecule has 2 rings (SSSR count). The van der Waals surface area contributed by atoms with Crippen LogP contribution in [-0.2, 0) is 0 Å². The van der Waals surface area contributed by atoms with E-state index < -0.39 is 0 Å². The Labute approximate surface area is 138 Å². The molecule has 3 heteroatoms. The van der Waals surface area contributed by atoms with Gasteiger partial charge < -0.3 is 9.64 Å². The Hall–Kier alpha value is -2.13. The zero-order valence-electron chi connectivity index (χ0n) is 14.0. The fraction of sp³-hybridized carbons (Fsp3) is 0.350. The van der Waals surface area contributed by atoms with E-state index in [0.29, 0.717) is 23.5 Å². The average Bonchev–Trinajstić information content (AvgIpc) is 2.62. The standard InChI is InChI=1S/C20H25NO2/c1-3-21(4-2)15-10-16-23-19-14-9-8-13-18(19)20(22)17-11-6-5-7-12-17/h5-9,11-14H,3-4,10,15-16H2,1-2H3. The zero-order chi connectivity index (χ0) is 16.5. The molecule has 0 aliphatic carbocycles. The Balaban J connectivity index is 1.99. The predicted octanol–water partition coefficient (Wildman–Crippen LogP) is 4.03. The van der Waals surface area contributed by atoms with Crippen molar-refractivity contribution in [2.75, 3.05) is 26.2 Å². The summed E-state index contributed by atoms with van der Waals surface area (Å²) in [4.78, 5) is 15.0. The van der Waals surface area contributed by atoms with E-state index in [2.05, 4.69) is 18.7 Å². The molecular weight excluding hydrogens is 286 g/mol. The molecule has 23 heavy (non-hydrogen) atoms. The Kier molecular flexibility index (Phi) is 6.82. The molecule has 0 aromatic heterocycles. The molecule has 2 aromatic rings. The second kappa shape index (κ2) is 9.11. The highest BCUT2D eigenvalue weighted by Gasteiger charge is 2.13. The van der Waals surface area contributed by atoms with Crippen molar-refractivity contribution in [3.05, 3.63) is 65.7 Å². The first-order valence-electron chi connectivity index (χ1n) is 8.30. The molecule has 0 saturated heterocycles. The topological polar surface area (TPSA) is 29.5 Å². The number of rotatable bonds is 9. The van der Waals surface area contributed by atoms with Gasteiger partial charge in [0.05, 0.1) is 12.2 Å². The highest BCUT2D eigenvalue weighted by Crippen LogP contribution is 2.21. The molecule has 0 spiro atoms. The predicted molar refractivity (Wildman–Crippen MR) is 94.2 cm³/mol. The Morgan fingerprint density at radius 2 is 1.61 bits per heavy atom. The van der Waals surface area contributed by atoms with Gasteiger partial charge in [-0.3, -0.25) is 4.79 Å². The van der Waals surface area contributed by atoms with Crippen LogP contribution < -0.4 is 4.74 Å². The van der Waals surface area contributed by atoms with Crippen LogP contribution in [0.5, 0.6) is 5.75 Å². The SMILES string of the molecule is CCN(CC)CCCOc1ccccc1C(=O)c1ccccc1. The molecule has 0 bridgehead atoms. The van der Waals surface area contributed by atoms with E-state index in [1.165, 1.54) is 0 Å². The minimum Gasteiger partial charge on any atom is -0.493 e. The summed E-state index contributed by atoms with van der Waals surface area (Å²) < 4.78 is 5.87. The van der Waals surface area contributed by atoms with Gasteiger partial charge in [0.15, 0.2) is 5.78 Å². The molecule has 0 aliphatic heterocycles. The lowest BCUT2D eigenvalue weighted by molar-refractivity contribution is 0.103. The highest BCUT2D eigenvalue weighted by atomic mass is 16.5. The third-order valence-corrected chi connectivity index (χ3v) is 3.94. The monoisotopic (exact) mass is 311 g/mol. The Morgan fingerprint density at radius 1 is 0.957 bits per heavy atom. The number of carbonyl (C=O) groups is 1. The van der Waals surface area contributed by atoms with Crippen LogP contribution in [0.3, 0.4) is 0 Å². The summed E-state index contributed by atoms with van der Waals surface area (Å²) in [6.07, 6.45) is 0.954. The van der Waals surface area contributed by atoms with Gasteiger partial charge in [-0.2, -0.15) is 0 Å². The van der Waals surface area contributed by atoms with Crippen LogP contribution in [0.4, 0.5) is 0 Å². The van der Waals surface area contributed by atoms with Crippen molar-refractivity contribution in [2.24, 2.45) is 0 Å². The van der Waals surface area contributed by atoms with E-state index in [9.17, 15) is 4.79 Å². The van der Waals surface area contributed by atoms with Crippen molar-refractivity contribution >= 4 is 5.78 Å². The van der Waals surface area contributed by atoms with Crippen LogP contribution in [0.2, 0.25) is 0 Å². The number of hydrogen-bond donors (Lipinski definition) is 0. The second-order valence-corrected chi connectivity index (χ2v) is 5.42. The van der Waals surface area contributed by atoms with Gasteiger partial charge in [-0.05, 0) is 31.6 Å². The lowest BCUT2D eigenvalue weighted by atomic mass is 10.0. The van der Waals surface area contributed by atoms with Crippen LogP contribution in [0, 0.1) is 0 Å².